The molecule has 21 heavy (non-hydrogen) atoms. The van der Waals surface area contributed by atoms with E-state index in [1.807, 2.05) is 29.2 Å². The molecule has 0 spiro atoms. The largest absolute Gasteiger partial charge is 0.492 e. The van der Waals surface area contributed by atoms with Crippen molar-refractivity contribution in [3.8, 4) is 5.75 Å². The first-order valence-corrected chi connectivity index (χ1v) is 7.62. The number of hydrogen-bond acceptors (Lipinski definition) is 4. The number of likely N-dealkylation sites (tertiary alicyclic amines) is 1. The minimum atomic E-state index is -0.150. The molecule has 0 saturated carbocycles. The molecule has 2 aliphatic rings. The van der Waals surface area contributed by atoms with Gasteiger partial charge < -0.3 is 20.1 Å². The molecule has 2 heterocycles. The highest BCUT2D eigenvalue weighted by atomic mass is 16.5. The van der Waals surface area contributed by atoms with Gasteiger partial charge in [-0.3, -0.25) is 4.79 Å². The van der Waals surface area contributed by atoms with Crippen molar-refractivity contribution >= 4 is 5.91 Å². The van der Waals surface area contributed by atoms with Crippen LogP contribution in [0.3, 0.4) is 0 Å². The fourth-order valence-electron chi connectivity index (χ4n) is 3.07. The Hall–Kier alpha value is -1.59. The maximum Gasteiger partial charge on any atom is 0.233 e. The number of rotatable bonds is 4. The fourth-order valence-corrected chi connectivity index (χ4v) is 3.07. The minimum Gasteiger partial charge on any atom is -0.492 e. The fraction of sp³-hybridized carbons (Fsp3) is 0.562. The summed E-state index contributed by atoms with van der Waals surface area (Å²) in [6, 6.07) is 7.81. The molecule has 114 valence electrons. The van der Waals surface area contributed by atoms with Gasteiger partial charge in [0.15, 0.2) is 0 Å². The Morgan fingerprint density at radius 2 is 2.10 bits per heavy atom. The van der Waals surface area contributed by atoms with Gasteiger partial charge in [0.2, 0.25) is 5.91 Å². The molecule has 1 saturated heterocycles. The summed E-state index contributed by atoms with van der Waals surface area (Å²) < 4.78 is 11.3. The molecule has 1 aromatic rings. The quantitative estimate of drug-likeness (QED) is 0.903. The number of amides is 1. The van der Waals surface area contributed by atoms with Gasteiger partial charge in [0.05, 0.1) is 12.7 Å². The second kappa shape index (κ2) is 6.45. The zero-order valence-electron chi connectivity index (χ0n) is 12.2. The second-order valence-electron chi connectivity index (χ2n) is 5.59. The molecule has 1 atom stereocenters. The Balaban J connectivity index is 1.58. The van der Waals surface area contributed by atoms with E-state index in [0.717, 1.165) is 37.2 Å². The molecule has 1 unspecified atom stereocenters. The van der Waals surface area contributed by atoms with E-state index in [1.54, 1.807) is 0 Å². The minimum absolute atomic E-state index is 0.150. The molecular formula is C16H22N2O3. The molecular weight excluding hydrogens is 268 g/mol. The van der Waals surface area contributed by atoms with Gasteiger partial charge in [-0.05, 0) is 18.9 Å². The summed E-state index contributed by atoms with van der Waals surface area (Å²) in [5.41, 5.74) is 6.46. The number of nitrogens with two attached hydrogens (primary N) is 1. The molecule has 5 heteroatoms. The Kier molecular flexibility index (Phi) is 4.41. The highest BCUT2D eigenvalue weighted by Gasteiger charge is 2.34. The third-order valence-electron chi connectivity index (χ3n) is 4.22. The lowest BCUT2D eigenvalue weighted by Gasteiger charge is -2.33. The maximum absolute atomic E-state index is 12.7. The predicted molar refractivity (Wildman–Crippen MR) is 79.3 cm³/mol. The zero-order chi connectivity index (χ0) is 14.7. The molecule has 0 bridgehead atoms. The van der Waals surface area contributed by atoms with Crippen molar-refractivity contribution in [2.75, 3.05) is 32.8 Å². The summed E-state index contributed by atoms with van der Waals surface area (Å²) in [7, 11) is 0. The highest BCUT2D eigenvalue weighted by Crippen LogP contribution is 2.35. The molecule has 0 radical (unpaired) electrons. The summed E-state index contributed by atoms with van der Waals surface area (Å²) in [6.07, 6.45) is 2.02. The molecule has 0 aliphatic carbocycles. The topological polar surface area (TPSA) is 64.8 Å². The van der Waals surface area contributed by atoms with Gasteiger partial charge in [-0.25, -0.2) is 0 Å². The standard InChI is InChI=1S/C16H22N2O3/c17-7-10-20-12-5-8-18(9-6-12)16(19)14-11-21-15-4-2-1-3-13(14)15/h1-4,12,14H,5-11,17H2. The van der Waals surface area contributed by atoms with Crippen molar-refractivity contribution in [1.29, 1.82) is 0 Å². The van der Waals surface area contributed by atoms with Crippen LogP contribution in [0, 0.1) is 0 Å². The number of benzene rings is 1. The summed E-state index contributed by atoms with van der Waals surface area (Å²) in [5.74, 6) is 0.872. The summed E-state index contributed by atoms with van der Waals surface area (Å²) in [4.78, 5) is 14.6. The van der Waals surface area contributed by atoms with Crippen LogP contribution in [0.4, 0.5) is 0 Å². The first-order valence-electron chi connectivity index (χ1n) is 7.62. The number of nitrogens with zero attached hydrogens (tertiary/aromatic N) is 1. The number of ether oxygens (including phenoxy) is 2. The van der Waals surface area contributed by atoms with E-state index in [9.17, 15) is 4.79 Å². The summed E-state index contributed by atoms with van der Waals surface area (Å²) >= 11 is 0. The van der Waals surface area contributed by atoms with Crippen LogP contribution in [0.25, 0.3) is 0 Å². The van der Waals surface area contributed by atoms with Crippen LogP contribution in [-0.2, 0) is 9.53 Å². The molecule has 3 rings (SSSR count). The molecule has 2 N–H and O–H groups in total. The number of carbonyl (C=O) groups excluding carboxylic acids is 1. The van der Waals surface area contributed by atoms with Crippen LogP contribution in [0.1, 0.15) is 24.3 Å². The van der Waals surface area contributed by atoms with E-state index in [-0.39, 0.29) is 17.9 Å². The van der Waals surface area contributed by atoms with E-state index in [4.69, 9.17) is 15.2 Å². The lowest BCUT2D eigenvalue weighted by molar-refractivity contribution is -0.135. The van der Waals surface area contributed by atoms with Gasteiger partial charge in [-0.1, -0.05) is 18.2 Å². The van der Waals surface area contributed by atoms with Crippen molar-refractivity contribution < 1.29 is 14.3 Å². The molecule has 1 amide bonds. The average molecular weight is 290 g/mol. The van der Waals surface area contributed by atoms with Crippen LogP contribution in [0.15, 0.2) is 24.3 Å². The SMILES string of the molecule is NCCOC1CCN(C(=O)C2COc3ccccc32)CC1. The number of fused-ring (bicyclic) bond motifs is 1. The van der Waals surface area contributed by atoms with Crippen molar-refractivity contribution in [2.45, 2.75) is 24.9 Å². The first-order chi connectivity index (χ1) is 10.3. The Bertz CT molecular complexity index is 498. The molecule has 5 nitrogen and oxygen atoms in total. The Morgan fingerprint density at radius 1 is 1.33 bits per heavy atom. The van der Waals surface area contributed by atoms with Gasteiger partial charge >= 0.3 is 0 Å². The van der Waals surface area contributed by atoms with Crippen LogP contribution >= 0.6 is 0 Å². The number of carbonyl (C=O) groups is 1. The lowest BCUT2D eigenvalue weighted by atomic mass is 9.98. The number of para-hydroxylation sites is 1. The van der Waals surface area contributed by atoms with Gasteiger partial charge in [-0.15, -0.1) is 0 Å². The van der Waals surface area contributed by atoms with Crippen molar-refractivity contribution in [2.24, 2.45) is 5.73 Å². The Morgan fingerprint density at radius 3 is 2.86 bits per heavy atom. The van der Waals surface area contributed by atoms with Crippen molar-refractivity contribution in [3.63, 3.8) is 0 Å². The van der Waals surface area contributed by atoms with E-state index in [1.165, 1.54) is 0 Å². The van der Waals surface area contributed by atoms with Gasteiger partial charge in [0.1, 0.15) is 18.3 Å². The third kappa shape index (κ3) is 3.04. The molecule has 0 aromatic heterocycles. The first kappa shape index (κ1) is 14.4. The molecule has 1 aromatic carbocycles. The van der Waals surface area contributed by atoms with E-state index >= 15 is 0 Å². The number of piperidine rings is 1. The van der Waals surface area contributed by atoms with Crippen molar-refractivity contribution in [3.05, 3.63) is 29.8 Å². The summed E-state index contributed by atoms with van der Waals surface area (Å²) in [6.45, 7) is 3.12. The zero-order valence-corrected chi connectivity index (χ0v) is 12.2. The molecule has 2 aliphatic heterocycles. The lowest BCUT2D eigenvalue weighted by Crippen LogP contribution is -2.43. The van der Waals surface area contributed by atoms with Gasteiger partial charge in [-0.2, -0.15) is 0 Å². The smallest absolute Gasteiger partial charge is 0.233 e. The number of hydrogen-bond donors (Lipinski definition) is 1. The third-order valence-corrected chi connectivity index (χ3v) is 4.22. The monoisotopic (exact) mass is 290 g/mol. The van der Waals surface area contributed by atoms with E-state index in [0.29, 0.717) is 19.8 Å². The van der Waals surface area contributed by atoms with Crippen LogP contribution in [-0.4, -0.2) is 49.8 Å². The molecule has 1 fully saturated rings. The van der Waals surface area contributed by atoms with E-state index < -0.39 is 0 Å². The van der Waals surface area contributed by atoms with E-state index in [2.05, 4.69) is 0 Å². The maximum atomic E-state index is 12.7. The Labute approximate surface area is 125 Å². The highest BCUT2D eigenvalue weighted by molar-refractivity contribution is 5.85. The van der Waals surface area contributed by atoms with Crippen LogP contribution < -0.4 is 10.5 Å². The average Bonchev–Trinajstić information content (AvgIpc) is 2.97. The van der Waals surface area contributed by atoms with Gasteiger partial charge in [0, 0.05) is 25.2 Å². The predicted octanol–water partition coefficient (Wildman–Crippen LogP) is 1.13. The van der Waals surface area contributed by atoms with Crippen LogP contribution in [0.2, 0.25) is 0 Å². The normalized spacial score (nSPS) is 22.0. The van der Waals surface area contributed by atoms with Gasteiger partial charge in [0.25, 0.3) is 0 Å². The summed E-state index contributed by atoms with van der Waals surface area (Å²) in [5, 5.41) is 0. The second-order valence-corrected chi connectivity index (χ2v) is 5.59. The van der Waals surface area contributed by atoms with Crippen LogP contribution in [0.5, 0.6) is 5.75 Å². The van der Waals surface area contributed by atoms with Crippen molar-refractivity contribution in [1.82, 2.24) is 4.90 Å².